The molecule has 2 aromatic rings. The van der Waals surface area contributed by atoms with Crippen LogP contribution >= 0.6 is 0 Å². The molecule has 0 aliphatic carbocycles. The lowest BCUT2D eigenvalue weighted by Crippen LogP contribution is -2.14. The first kappa shape index (κ1) is 13.5. The quantitative estimate of drug-likeness (QED) is 0.889. The van der Waals surface area contributed by atoms with Crippen LogP contribution in [0.2, 0.25) is 0 Å². The van der Waals surface area contributed by atoms with Crippen LogP contribution in [-0.2, 0) is 16.6 Å². The van der Waals surface area contributed by atoms with Gasteiger partial charge < -0.3 is 5.73 Å². The Morgan fingerprint density at radius 3 is 2.37 bits per heavy atom. The van der Waals surface area contributed by atoms with E-state index < -0.39 is 10.0 Å². The van der Waals surface area contributed by atoms with Gasteiger partial charge in [0.1, 0.15) is 5.82 Å². The normalized spacial score (nSPS) is 11.3. The molecule has 0 fully saturated rings. The van der Waals surface area contributed by atoms with E-state index in [0.717, 1.165) is 11.1 Å². The highest BCUT2D eigenvalue weighted by atomic mass is 32.2. The Morgan fingerprint density at radius 1 is 1.16 bits per heavy atom. The zero-order chi connectivity index (χ0) is 13.9. The maximum Gasteiger partial charge on any atom is 0.263 e. The molecule has 5 nitrogen and oxygen atoms in total. The van der Waals surface area contributed by atoms with Crippen molar-refractivity contribution in [3.63, 3.8) is 0 Å². The van der Waals surface area contributed by atoms with Crippen LogP contribution < -0.4 is 10.5 Å². The third kappa shape index (κ3) is 3.30. The Hall–Kier alpha value is -1.92. The van der Waals surface area contributed by atoms with Gasteiger partial charge in [-0.1, -0.05) is 23.8 Å². The lowest BCUT2D eigenvalue weighted by Gasteiger charge is -2.07. The van der Waals surface area contributed by atoms with Crippen LogP contribution in [0.25, 0.3) is 0 Å². The second-order valence-electron chi connectivity index (χ2n) is 4.17. The molecule has 100 valence electrons. The molecule has 0 aliphatic rings. The minimum Gasteiger partial charge on any atom is -0.326 e. The number of nitrogens with one attached hydrogen (secondary N) is 1. The van der Waals surface area contributed by atoms with E-state index in [0.29, 0.717) is 6.54 Å². The number of pyridine rings is 1. The Morgan fingerprint density at radius 2 is 1.84 bits per heavy atom. The number of anilines is 1. The smallest absolute Gasteiger partial charge is 0.263 e. The fourth-order valence-corrected chi connectivity index (χ4v) is 2.53. The maximum atomic E-state index is 12.1. The van der Waals surface area contributed by atoms with E-state index in [4.69, 9.17) is 5.73 Å². The fraction of sp³-hybridized carbons (Fsp3) is 0.154. The minimum absolute atomic E-state index is 0.211. The highest BCUT2D eigenvalue weighted by Gasteiger charge is 2.14. The molecule has 2 rings (SSSR count). The van der Waals surface area contributed by atoms with Gasteiger partial charge in [0, 0.05) is 12.7 Å². The fourth-order valence-electron chi connectivity index (χ4n) is 1.52. The summed E-state index contributed by atoms with van der Waals surface area (Å²) in [7, 11) is -3.59. The SMILES string of the molecule is Cc1ccc(S(=O)(=O)Nc2ccc(CN)cn2)cc1. The monoisotopic (exact) mass is 277 g/mol. The van der Waals surface area contributed by atoms with Gasteiger partial charge in [-0.2, -0.15) is 0 Å². The van der Waals surface area contributed by atoms with Gasteiger partial charge in [-0.15, -0.1) is 0 Å². The summed E-state index contributed by atoms with van der Waals surface area (Å²) in [6, 6.07) is 9.95. The van der Waals surface area contributed by atoms with Crippen molar-refractivity contribution in [1.29, 1.82) is 0 Å². The zero-order valence-electron chi connectivity index (χ0n) is 10.5. The highest BCUT2D eigenvalue weighted by Crippen LogP contribution is 2.15. The van der Waals surface area contributed by atoms with Crippen molar-refractivity contribution in [2.75, 3.05) is 4.72 Å². The van der Waals surface area contributed by atoms with Crippen molar-refractivity contribution in [3.05, 3.63) is 53.7 Å². The van der Waals surface area contributed by atoms with Gasteiger partial charge in [0.15, 0.2) is 0 Å². The van der Waals surface area contributed by atoms with E-state index in [1.807, 2.05) is 6.92 Å². The molecule has 0 saturated heterocycles. The summed E-state index contributed by atoms with van der Waals surface area (Å²) < 4.78 is 26.6. The summed E-state index contributed by atoms with van der Waals surface area (Å²) in [4.78, 5) is 4.22. The molecule has 0 saturated carbocycles. The van der Waals surface area contributed by atoms with Gasteiger partial charge in [-0.25, -0.2) is 13.4 Å². The number of hydrogen-bond acceptors (Lipinski definition) is 4. The molecular formula is C13H15N3O2S. The maximum absolute atomic E-state index is 12.1. The molecule has 0 amide bonds. The lowest BCUT2D eigenvalue weighted by atomic mass is 10.2. The first-order valence-corrected chi connectivity index (χ1v) is 7.24. The average Bonchev–Trinajstić information content (AvgIpc) is 2.40. The molecule has 0 unspecified atom stereocenters. The predicted octanol–water partition coefficient (Wildman–Crippen LogP) is 1.65. The van der Waals surface area contributed by atoms with Crippen LogP contribution in [0.4, 0.5) is 5.82 Å². The predicted molar refractivity (Wildman–Crippen MR) is 74.1 cm³/mol. The van der Waals surface area contributed by atoms with Crippen LogP contribution in [0.15, 0.2) is 47.5 Å². The molecule has 0 bridgehead atoms. The van der Waals surface area contributed by atoms with Crippen LogP contribution in [0.3, 0.4) is 0 Å². The topological polar surface area (TPSA) is 85.1 Å². The van der Waals surface area contributed by atoms with Gasteiger partial charge in [-0.05, 0) is 30.7 Å². The molecule has 1 heterocycles. The van der Waals surface area contributed by atoms with Crippen molar-refractivity contribution >= 4 is 15.8 Å². The standard InChI is InChI=1S/C13H15N3O2S/c1-10-2-5-12(6-3-10)19(17,18)16-13-7-4-11(8-14)9-15-13/h2-7,9H,8,14H2,1H3,(H,15,16). The average molecular weight is 277 g/mol. The van der Waals surface area contributed by atoms with Gasteiger partial charge >= 0.3 is 0 Å². The molecular weight excluding hydrogens is 262 g/mol. The van der Waals surface area contributed by atoms with Crippen LogP contribution in [-0.4, -0.2) is 13.4 Å². The molecule has 6 heteroatoms. The Balaban J connectivity index is 2.23. The summed E-state index contributed by atoms with van der Waals surface area (Å²) in [5.74, 6) is 0.276. The van der Waals surface area contributed by atoms with Crippen LogP contribution in [0.5, 0.6) is 0 Å². The largest absolute Gasteiger partial charge is 0.326 e. The molecule has 0 radical (unpaired) electrons. The highest BCUT2D eigenvalue weighted by molar-refractivity contribution is 7.92. The van der Waals surface area contributed by atoms with E-state index in [9.17, 15) is 8.42 Å². The van der Waals surface area contributed by atoms with Crippen LogP contribution in [0.1, 0.15) is 11.1 Å². The van der Waals surface area contributed by atoms with Gasteiger partial charge in [0.2, 0.25) is 0 Å². The molecule has 0 atom stereocenters. The first-order valence-electron chi connectivity index (χ1n) is 5.76. The summed E-state index contributed by atoms with van der Waals surface area (Å²) in [6.07, 6.45) is 1.55. The van der Waals surface area contributed by atoms with E-state index in [-0.39, 0.29) is 10.7 Å². The molecule has 19 heavy (non-hydrogen) atoms. The van der Waals surface area contributed by atoms with E-state index in [2.05, 4.69) is 9.71 Å². The Bertz CT molecular complexity index is 649. The second-order valence-corrected chi connectivity index (χ2v) is 5.86. The van der Waals surface area contributed by atoms with Gasteiger partial charge in [0.25, 0.3) is 10.0 Å². The number of hydrogen-bond donors (Lipinski definition) is 2. The summed E-state index contributed by atoms with van der Waals surface area (Å²) >= 11 is 0. The summed E-state index contributed by atoms with van der Waals surface area (Å²) in [5, 5.41) is 0. The van der Waals surface area contributed by atoms with Gasteiger partial charge in [0.05, 0.1) is 4.90 Å². The lowest BCUT2D eigenvalue weighted by molar-refractivity contribution is 0.601. The van der Waals surface area contributed by atoms with E-state index in [1.54, 1.807) is 42.6 Å². The van der Waals surface area contributed by atoms with Crippen molar-refractivity contribution in [2.45, 2.75) is 18.4 Å². The number of benzene rings is 1. The summed E-state index contributed by atoms with van der Waals surface area (Å²) in [6.45, 7) is 2.27. The second kappa shape index (κ2) is 5.38. The number of nitrogens with zero attached hydrogens (tertiary/aromatic N) is 1. The minimum atomic E-state index is -3.59. The number of aryl methyl sites for hydroxylation is 1. The van der Waals surface area contributed by atoms with Crippen molar-refractivity contribution in [3.8, 4) is 0 Å². The van der Waals surface area contributed by atoms with Gasteiger partial charge in [-0.3, -0.25) is 4.72 Å². The van der Waals surface area contributed by atoms with Crippen molar-refractivity contribution in [2.24, 2.45) is 5.73 Å². The zero-order valence-corrected chi connectivity index (χ0v) is 11.3. The number of rotatable bonds is 4. The summed E-state index contributed by atoms with van der Waals surface area (Å²) in [5.41, 5.74) is 7.30. The van der Waals surface area contributed by atoms with E-state index >= 15 is 0 Å². The van der Waals surface area contributed by atoms with Crippen molar-refractivity contribution in [1.82, 2.24) is 4.98 Å². The molecule has 1 aromatic heterocycles. The van der Waals surface area contributed by atoms with Crippen LogP contribution in [0, 0.1) is 6.92 Å². The molecule has 3 N–H and O–H groups in total. The Labute approximate surface area is 112 Å². The number of sulfonamides is 1. The Kier molecular flexibility index (Phi) is 3.82. The third-order valence-electron chi connectivity index (χ3n) is 2.63. The first-order chi connectivity index (χ1) is 9.01. The number of aromatic nitrogens is 1. The van der Waals surface area contributed by atoms with Crippen molar-refractivity contribution < 1.29 is 8.42 Å². The molecule has 0 spiro atoms. The number of nitrogens with two attached hydrogens (primary N) is 1. The third-order valence-corrected chi connectivity index (χ3v) is 4.00. The molecule has 0 aliphatic heterocycles. The van der Waals surface area contributed by atoms with E-state index in [1.165, 1.54) is 0 Å². The molecule has 1 aromatic carbocycles.